The minimum Gasteiger partial charge on any atom is -0.497 e. The zero-order chi connectivity index (χ0) is 13.7. The number of carbonyl (C=O) groups is 1. The second-order valence-corrected chi connectivity index (χ2v) is 5.68. The molecule has 1 fully saturated rings. The predicted molar refractivity (Wildman–Crippen MR) is 79.8 cm³/mol. The molecular weight excluding hydrogens is 306 g/mol. The zero-order valence-corrected chi connectivity index (χ0v) is 12.9. The number of alkyl halides is 1. The first-order chi connectivity index (χ1) is 9.24. The van der Waals surface area contributed by atoms with Crippen molar-refractivity contribution in [2.75, 3.05) is 19.0 Å². The molecule has 1 aliphatic rings. The highest BCUT2D eigenvalue weighted by Gasteiger charge is 2.27. The van der Waals surface area contributed by atoms with Crippen molar-refractivity contribution in [1.82, 2.24) is 4.90 Å². The summed E-state index contributed by atoms with van der Waals surface area (Å²) in [5, 5.41) is 0.845. The summed E-state index contributed by atoms with van der Waals surface area (Å²) in [6.45, 7) is 0.805. The molecule has 104 valence electrons. The lowest BCUT2D eigenvalue weighted by molar-refractivity contribution is -0.134. The SMILES string of the molecule is COc1ccc(CC(=O)N(CCBr)C2CCC2)cc1. The summed E-state index contributed by atoms with van der Waals surface area (Å²) < 4.78 is 5.12. The van der Waals surface area contributed by atoms with Crippen LogP contribution in [0, 0.1) is 0 Å². The maximum Gasteiger partial charge on any atom is 0.227 e. The fourth-order valence-electron chi connectivity index (χ4n) is 2.32. The van der Waals surface area contributed by atoms with Crippen molar-refractivity contribution in [3.05, 3.63) is 29.8 Å². The van der Waals surface area contributed by atoms with Crippen molar-refractivity contribution in [2.45, 2.75) is 31.7 Å². The molecule has 1 aliphatic carbocycles. The van der Waals surface area contributed by atoms with Gasteiger partial charge in [-0.3, -0.25) is 4.79 Å². The molecule has 0 unspecified atom stereocenters. The van der Waals surface area contributed by atoms with Crippen LogP contribution in [0.1, 0.15) is 24.8 Å². The van der Waals surface area contributed by atoms with Crippen LogP contribution in [0.4, 0.5) is 0 Å². The maximum atomic E-state index is 12.4. The molecule has 1 amide bonds. The molecule has 1 aromatic rings. The molecule has 4 heteroatoms. The summed E-state index contributed by atoms with van der Waals surface area (Å²) in [6, 6.07) is 8.19. The largest absolute Gasteiger partial charge is 0.497 e. The van der Waals surface area contributed by atoms with Crippen molar-refractivity contribution in [3.8, 4) is 5.75 Å². The van der Waals surface area contributed by atoms with Gasteiger partial charge in [0.05, 0.1) is 13.5 Å². The molecule has 19 heavy (non-hydrogen) atoms. The molecule has 0 aliphatic heterocycles. The van der Waals surface area contributed by atoms with Gasteiger partial charge in [0, 0.05) is 17.9 Å². The van der Waals surface area contributed by atoms with Crippen LogP contribution in [0.15, 0.2) is 24.3 Å². The van der Waals surface area contributed by atoms with E-state index in [2.05, 4.69) is 15.9 Å². The molecule has 0 heterocycles. The Labute approximate surface area is 123 Å². The number of nitrogens with zero attached hydrogens (tertiary/aromatic N) is 1. The monoisotopic (exact) mass is 325 g/mol. The Kier molecular flexibility index (Phi) is 5.25. The Balaban J connectivity index is 1.96. The smallest absolute Gasteiger partial charge is 0.227 e. The standard InChI is InChI=1S/C15H20BrNO2/c1-19-14-7-5-12(6-8-14)11-15(18)17(10-9-16)13-3-2-4-13/h5-8,13H,2-4,9-11H2,1H3. The minimum absolute atomic E-state index is 0.231. The topological polar surface area (TPSA) is 29.5 Å². The highest BCUT2D eigenvalue weighted by molar-refractivity contribution is 9.09. The van der Waals surface area contributed by atoms with Gasteiger partial charge in [-0.2, -0.15) is 0 Å². The maximum absolute atomic E-state index is 12.4. The van der Waals surface area contributed by atoms with E-state index in [0.717, 1.165) is 36.0 Å². The molecule has 0 spiro atoms. The van der Waals surface area contributed by atoms with Gasteiger partial charge in [-0.05, 0) is 37.0 Å². The molecular formula is C15H20BrNO2. The van der Waals surface area contributed by atoms with E-state index < -0.39 is 0 Å². The number of hydrogen-bond acceptors (Lipinski definition) is 2. The average Bonchev–Trinajstić information content (AvgIpc) is 2.37. The van der Waals surface area contributed by atoms with E-state index in [-0.39, 0.29) is 5.91 Å². The highest BCUT2D eigenvalue weighted by Crippen LogP contribution is 2.25. The van der Waals surface area contributed by atoms with Gasteiger partial charge in [0.25, 0.3) is 0 Å². The summed E-state index contributed by atoms with van der Waals surface area (Å²) in [5.74, 6) is 1.06. The molecule has 1 saturated carbocycles. The third kappa shape index (κ3) is 3.72. The lowest BCUT2D eigenvalue weighted by Gasteiger charge is -2.37. The third-order valence-electron chi connectivity index (χ3n) is 3.68. The number of halogens is 1. The number of carbonyl (C=O) groups excluding carboxylic acids is 1. The molecule has 0 aromatic heterocycles. The lowest BCUT2D eigenvalue weighted by atomic mass is 9.91. The molecule has 2 rings (SSSR count). The van der Waals surface area contributed by atoms with Crippen molar-refractivity contribution >= 4 is 21.8 Å². The molecule has 3 nitrogen and oxygen atoms in total. The quantitative estimate of drug-likeness (QED) is 0.752. The number of methoxy groups -OCH3 is 1. The van der Waals surface area contributed by atoms with Gasteiger partial charge in [0.15, 0.2) is 0 Å². The van der Waals surface area contributed by atoms with Crippen LogP contribution in [0.3, 0.4) is 0 Å². The molecule has 0 atom stereocenters. The molecule has 1 aromatic carbocycles. The van der Waals surface area contributed by atoms with Crippen LogP contribution in [0.5, 0.6) is 5.75 Å². The van der Waals surface area contributed by atoms with E-state index >= 15 is 0 Å². The minimum atomic E-state index is 0.231. The Morgan fingerprint density at radius 2 is 2.05 bits per heavy atom. The Hall–Kier alpha value is -1.03. The Bertz CT molecular complexity index is 415. The van der Waals surface area contributed by atoms with Crippen molar-refractivity contribution in [1.29, 1.82) is 0 Å². The van der Waals surface area contributed by atoms with Crippen LogP contribution in [-0.2, 0) is 11.2 Å². The van der Waals surface area contributed by atoms with Gasteiger partial charge in [0.2, 0.25) is 5.91 Å². The Morgan fingerprint density at radius 3 is 2.53 bits per heavy atom. The summed E-state index contributed by atoms with van der Waals surface area (Å²) in [7, 11) is 1.65. The van der Waals surface area contributed by atoms with Gasteiger partial charge in [-0.25, -0.2) is 0 Å². The number of ether oxygens (including phenoxy) is 1. The third-order valence-corrected chi connectivity index (χ3v) is 4.03. The van der Waals surface area contributed by atoms with Gasteiger partial charge in [0.1, 0.15) is 5.75 Å². The summed E-state index contributed by atoms with van der Waals surface area (Å²) in [6.07, 6.45) is 4.04. The summed E-state index contributed by atoms with van der Waals surface area (Å²) in [5.41, 5.74) is 1.05. The van der Waals surface area contributed by atoms with Gasteiger partial charge < -0.3 is 9.64 Å². The molecule has 0 radical (unpaired) electrons. The fourth-order valence-corrected chi connectivity index (χ4v) is 2.70. The van der Waals surface area contributed by atoms with E-state index in [1.54, 1.807) is 7.11 Å². The summed E-state index contributed by atoms with van der Waals surface area (Å²) >= 11 is 3.43. The van der Waals surface area contributed by atoms with Crippen LogP contribution in [0.2, 0.25) is 0 Å². The first kappa shape index (κ1) is 14.4. The van der Waals surface area contributed by atoms with E-state index in [9.17, 15) is 4.79 Å². The second-order valence-electron chi connectivity index (χ2n) is 4.89. The number of benzene rings is 1. The van der Waals surface area contributed by atoms with Crippen LogP contribution >= 0.6 is 15.9 Å². The van der Waals surface area contributed by atoms with Crippen LogP contribution in [-0.4, -0.2) is 35.8 Å². The number of amides is 1. The fraction of sp³-hybridized carbons (Fsp3) is 0.533. The van der Waals surface area contributed by atoms with Crippen LogP contribution < -0.4 is 4.74 Å². The van der Waals surface area contributed by atoms with Crippen molar-refractivity contribution in [3.63, 3.8) is 0 Å². The zero-order valence-electron chi connectivity index (χ0n) is 11.3. The summed E-state index contributed by atoms with van der Waals surface area (Å²) in [4.78, 5) is 14.4. The van der Waals surface area contributed by atoms with Gasteiger partial charge in [-0.15, -0.1) is 0 Å². The number of hydrogen-bond donors (Lipinski definition) is 0. The highest BCUT2D eigenvalue weighted by atomic mass is 79.9. The Morgan fingerprint density at radius 1 is 1.37 bits per heavy atom. The number of rotatable bonds is 6. The first-order valence-electron chi connectivity index (χ1n) is 6.73. The van der Waals surface area contributed by atoms with E-state index in [1.807, 2.05) is 29.2 Å². The predicted octanol–water partition coefficient (Wildman–Crippen LogP) is 3.01. The van der Waals surface area contributed by atoms with E-state index in [0.29, 0.717) is 12.5 Å². The lowest BCUT2D eigenvalue weighted by Crippen LogP contribution is -2.45. The van der Waals surface area contributed by atoms with Crippen molar-refractivity contribution < 1.29 is 9.53 Å². The first-order valence-corrected chi connectivity index (χ1v) is 7.85. The van der Waals surface area contributed by atoms with E-state index in [4.69, 9.17) is 4.74 Å². The van der Waals surface area contributed by atoms with Crippen LogP contribution in [0.25, 0.3) is 0 Å². The second kappa shape index (κ2) is 6.94. The molecule has 0 bridgehead atoms. The van der Waals surface area contributed by atoms with Gasteiger partial charge in [-0.1, -0.05) is 28.1 Å². The van der Waals surface area contributed by atoms with Crippen molar-refractivity contribution in [2.24, 2.45) is 0 Å². The molecule has 0 saturated heterocycles. The van der Waals surface area contributed by atoms with E-state index in [1.165, 1.54) is 6.42 Å². The normalized spacial score (nSPS) is 14.8. The molecule has 0 N–H and O–H groups in total. The van der Waals surface area contributed by atoms with Gasteiger partial charge >= 0.3 is 0 Å². The average molecular weight is 326 g/mol.